The topological polar surface area (TPSA) is 83.6 Å². The molecule has 6 heteroatoms. The minimum absolute atomic E-state index is 0.0647. The molecule has 0 aliphatic rings. The first-order valence-electron chi connectivity index (χ1n) is 5.05. The van der Waals surface area contributed by atoms with Crippen LogP contribution in [0.15, 0.2) is 29.6 Å². The van der Waals surface area contributed by atoms with E-state index in [1.165, 1.54) is 11.3 Å². The van der Waals surface area contributed by atoms with E-state index in [0.717, 1.165) is 12.1 Å². The molecule has 1 aromatic heterocycles. The van der Waals surface area contributed by atoms with Crippen molar-refractivity contribution in [3.05, 3.63) is 51.5 Å². The number of benzene rings is 1. The Morgan fingerprint density at radius 3 is 2.72 bits per heavy atom. The monoisotopic (exact) mass is 267 g/mol. The van der Waals surface area contributed by atoms with Crippen molar-refractivity contribution in [2.24, 2.45) is 5.73 Å². The Labute approximate surface area is 106 Å². The zero-order chi connectivity index (χ0) is 13.3. The molecule has 0 aliphatic carbocycles. The molecule has 4 N–H and O–H groups in total. The van der Waals surface area contributed by atoms with Gasteiger partial charge in [-0.15, -0.1) is 11.3 Å². The summed E-state index contributed by atoms with van der Waals surface area (Å²) >= 11 is 1.35. The van der Waals surface area contributed by atoms with Crippen LogP contribution in [0.1, 0.15) is 26.8 Å². The molecule has 0 amide bonds. The van der Waals surface area contributed by atoms with E-state index in [-0.39, 0.29) is 5.56 Å². The molecule has 18 heavy (non-hydrogen) atoms. The minimum Gasteiger partial charge on any atom is -0.507 e. The SMILES string of the molecule is N[C@H](c1cccs1)c1cc(F)cc(C(=O)O)c1O. The summed E-state index contributed by atoms with van der Waals surface area (Å²) in [7, 11) is 0. The summed E-state index contributed by atoms with van der Waals surface area (Å²) in [6.45, 7) is 0. The summed E-state index contributed by atoms with van der Waals surface area (Å²) in [6, 6.07) is 4.57. The quantitative estimate of drug-likeness (QED) is 0.797. The van der Waals surface area contributed by atoms with Gasteiger partial charge in [0.15, 0.2) is 0 Å². The van der Waals surface area contributed by atoms with E-state index in [1.54, 1.807) is 17.5 Å². The fourth-order valence-electron chi connectivity index (χ4n) is 1.64. The van der Waals surface area contributed by atoms with Crippen molar-refractivity contribution >= 4 is 17.3 Å². The van der Waals surface area contributed by atoms with Gasteiger partial charge in [-0.2, -0.15) is 0 Å². The Hall–Kier alpha value is -1.92. The molecular weight excluding hydrogens is 257 g/mol. The first-order valence-corrected chi connectivity index (χ1v) is 5.93. The predicted octanol–water partition coefficient (Wildman–Crippen LogP) is 2.34. The normalized spacial score (nSPS) is 12.3. The number of carboxylic acid groups (broad SMARTS) is 1. The van der Waals surface area contributed by atoms with E-state index in [9.17, 15) is 14.3 Å². The van der Waals surface area contributed by atoms with E-state index >= 15 is 0 Å². The van der Waals surface area contributed by atoms with Crippen LogP contribution < -0.4 is 5.73 Å². The van der Waals surface area contributed by atoms with Crippen LogP contribution in [-0.4, -0.2) is 16.2 Å². The molecule has 2 rings (SSSR count). The molecule has 0 saturated heterocycles. The highest BCUT2D eigenvalue weighted by Crippen LogP contribution is 2.33. The number of halogens is 1. The van der Waals surface area contributed by atoms with Crippen LogP contribution in [0.3, 0.4) is 0 Å². The van der Waals surface area contributed by atoms with Crippen LogP contribution in [0.2, 0.25) is 0 Å². The fraction of sp³-hybridized carbons (Fsp3) is 0.0833. The lowest BCUT2D eigenvalue weighted by atomic mass is 10.0. The zero-order valence-electron chi connectivity index (χ0n) is 9.13. The van der Waals surface area contributed by atoms with Crippen molar-refractivity contribution < 1.29 is 19.4 Å². The molecule has 0 aliphatic heterocycles. The second kappa shape index (κ2) is 4.75. The smallest absolute Gasteiger partial charge is 0.339 e. The van der Waals surface area contributed by atoms with Crippen LogP contribution >= 0.6 is 11.3 Å². The molecule has 0 bridgehead atoms. The van der Waals surface area contributed by atoms with Gasteiger partial charge in [0.2, 0.25) is 0 Å². The second-order valence-electron chi connectivity index (χ2n) is 3.69. The number of aromatic carboxylic acids is 1. The maximum absolute atomic E-state index is 13.3. The van der Waals surface area contributed by atoms with Gasteiger partial charge >= 0.3 is 5.97 Å². The lowest BCUT2D eigenvalue weighted by Crippen LogP contribution is -2.12. The average molecular weight is 267 g/mol. The number of nitrogens with two attached hydrogens (primary N) is 1. The van der Waals surface area contributed by atoms with Gasteiger partial charge in [-0.3, -0.25) is 0 Å². The second-order valence-corrected chi connectivity index (χ2v) is 4.67. The molecule has 0 radical (unpaired) electrons. The predicted molar refractivity (Wildman–Crippen MR) is 65.4 cm³/mol. The number of rotatable bonds is 3. The maximum atomic E-state index is 13.3. The number of carboxylic acids is 1. The molecule has 2 aromatic rings. The largest absolute Gasteiger partial charge is 0.507 e. The third-order valence-electron chi connectivity index (χ3n) is 2.52. The third-order valence-corrected chi connectivity index (χ3v) is 3.47. The first kappa shape index (κ1) is 12.5. The van der Waals surface area contributed by atoms with Crippen molar-refractivity contribution in [1.29, 1.82) is 0 Å². The zero-order valence-corrected chi connectivity index (χ0v) is 9.95. The van der Waals surface area contributed by atoms with Gasteiger partial charge in [0, 0.05) is 10.4 Å². The molecule has 1 aromatic carbocycles. The minimum atomic E-state index is -1.40. The van der Waals surface area contributed by atoms with Gasteiger partial charge < -0.3 is 15.9 Å². The molecule has 4 nitrogen and oxygen atoms in total. The average Bonchev–Trinajstić information content (AvgIpc) is 2.84. The van der Waals surface area contributed by atoms with Crippen molar-refractivity contribution in [3.8, 4) is 5.75 Å². The van der Waals surface area contributed by atoms with Crippen molar-refractivity contribution in [2.45, 2.75) is 6.04 Å². The third kappa shape index (κ3) is 2.20. The number of thiophene rings is 1. The highest BCUT2D eigenvalue weighted by Gasteiger charge is 2.21. The van der Waals surface area contributed by atoms with Gasteiger partial charge in [0.05, 0.1) is 6.04 Å². The van der Waals surface area contributed by atoms with Crippen LogP contribution in [0.5, 0.6) is 5.75 Å². The van der Waals surface area contributed by atoms with Crippen LogP contribution in [0.25, 0.3) is 0 Å². The summed E-state index contributed by atoms with van der Waals surface area (Å²) in [6.07, 6.45) is 0. The standard InChI is InChI=1S/C12H10FNO3S/c13-6-4-7(10(14)9-2-1-3-18-9)11(15)8(5-6)12(16)17/h1-5,10,15H,14H2,(H,16,17)/t10-/m0/s1. The molecule has 1 atom stereocenters. The Bertz CT molecular complexity index is 583. The highest BCUT2D eigenvalue weighted by atomic mass is 32.1. The Kier molecular flexibility index (Phi) is 3.31. The molecule has 0 fully saturated rings. The maximum Gasteiger partial charge on any atom is 0.339 e. The fourth-order valence-corrected chi connectivity index (χ4v) is 2.39. The summed E-state index contributed by atoms with van der Waals surface area (Å²) < 4.78 is 13.3. The van der Waals surface area contributed by atoms with Crippen molar-refractivity contribution in [2.75, 3.05) is 0 Å². The number of carbonyl (C=O) groups is 1. The Balaban J connectivity index is 2.54. The summed E-state index contributed by atoms with van der Waals surface area (Å²) in [5.74, 6) is -2.64. The molecule has 1 heterocycles. The number of aromatic hydroxyl groups is 1. The van der Waals surface area contributed by atoms with Crippen molar-refractivity contribution in [3.63, 3.8) is 0 Å². The van der Waals surface area contributed by atoms with Gasteiger partial charge in [-0.1, -0.05) is 6.07 Å². The Morgan fingerprint density at radius 1 is 1.44 bits per heavy atom. The summed E-state index contributed by atoms with van der Waals surface area (Å²) in [5, 5.41) is 20.5. The van der Waals surface area contributed by atoms with Crippen LogP contribution in [-0.2, 0) is 0 Å². The molecular formula is C12H10FNO3S. The molecule has 0 unspecified atom stereocenters. The first-order chi connectivity index (χ1) is 8.50. The lowest BCUT2D eigenvalue weighted by Gasteiger charge is -2.13. The van der Waals surface area contributed by atoms with E-state index in [4.69, 9.17) is 10.8 Å². The van der Waals surface area contributed by atoms with Gasteiger partial charge in [0.1, 0.15) is 17.1 Å². The van der Waals surface area contributed by atoms with E-state index in [2.05, 4.69) is 0 Å². The molecule has 0 saturated carbocycles. The summed E-state index contributed by atoms with van der Waals surface area (Å²) in [5.41, 5.74) is 5.47. The van der Waals surface area contributed by atoms with Crippen molar-refractivity contribution in [1.82, 2.24) is 0 Å². The molecule has 94 valence electrons. The van der Waals surface area contributed by atoms with Gasteiger partial charge in [-0.25, -0.2) is 9.18 Å². The lowest BCUT2D eigenvalue weighted by molar-refractivity contribution is 0.0693. The Morgan fingerprint density at radius 2 is 2.17 bits per heavy atom. The summed E-state index contributed by atoms with van der Waals surface area (Å²) in [4.78, 5) is 11.6. The molecule has 0 spiro atoms. The number of phenols is 1. The van der Waals surface area contributed by atoms with E-state index in [0.29, 0.717) is 4.88 Å². The number of hydrogen-bond donors (Lipinski definition) is 3. The highest BCUT2D eigenvalue weighted by molar-refractivity contribution is 7.10. The van der Waals surface area contributed by atoms with E-state index in [1.807, 2.05) is 0 Å². The van der Waals surface area contributed by atoms with Crippen LogP contribution in [0.4, 0.5) is 4.39 Å². The van der Waals surface area contributed by atoms with Gasteiger partial charge in [0.25, 0.3) is 0 Å². The van der Waals surface area contributed by atoms with E-state index < -0.39 is 29.1 Å². The van der Waals surface area contributed by atoms with Crippen LogP contribution in [0, 0.1) is 5.82 Å². The van der Waals surface area contributed by atoms with Gasteiger partial charge in [-0.05, 0) is 23.6 Å². The number of hydrogen-bond acceptors (Lipinski definition) is 4.